The van der Waals surface area contributed by atoms with Gasteiger partial charge in [-0.05, 0) is 62.7 Å². The van der Waals surface area contributed by atoms with E-state index in [1.54, 1.807) is 50.6 Å². The van der Waals surface area contributed by atoms with Crippen molar-refractivity contribution in [3.05, 3.63) is 76.6 Å². The van der Waals surface area contributed by atoms with Gasteiger partial charge in [-0.15, -0.1) is 0 Å². The molecule has 2 aromatic carbocycles. The standard InChI is InChI=1S/C24H27N3O5S/c1-15-6-11-20(33(29,30)27-18-7-9-19(31-4)10-8-18)12-21(15)24(28)26-14-22-17(3)23(32-5)16(2)13-25-22/h6-13,27H,14H2,1-5H3,(H,26,28). The maximum absolute atomic E-state index is 12.9. The predicted molar refractivity (Wildman–Crippen MR) is 126 cm³/mol. The van der Waals surface area contributed by atoms with Gasteiger partial charge >= 0.3 is 0 Å². The number of amides is 1. The molecule has 3 rings (SSSR count). The second-order valence-corrected chi connectivity index (χ2v) is 9.22. The number of carbonyl (C=O) groups excluding carboxylic acids is 1. The van der Waals surface area contributed by atoms with E-state index < -0.39 is 15.9 Å². The van der Waals surface area contributed by atoms with Crippen LogP contribution in [0.25, 0.3) is 0 Å². The first-order chi connectivity index (χ1) is 15.7. The van der Waals surface area contributed by atoms with Gasteiger partial charge in [0.25, 0.3) is 15.9 Å². The summed E-state index contributed by atoms with van der Waals surface area (Å²) in [6, 6.07) is 11.0. The number of nitrogens with zero attached hydrogens (tertiary/aromatic N) is 1. The molecule has 0 unspecified atom stereocenters. The molecule has 3 aromatic rings. The van der Waals surface area contributed by atoms with Crippen molar-refractivity contribution in [3.8, 4) is 11.5 Å². The highest BCUT2D eigenvalue weighted by Crippen LogP contribution is 2.24. The summed E-state index contributed by atoms with van der Waals surface area (Å²) in [6.07, 6.45) is 1.69. The molecule has 0 aliphatic carbocycles. The number of hydrogen-bond donors (Lipinski definition) is 2. The molecule has 9 heteroatoms. The summed E-state index contributed by atoms with van der Waals surface area (Å²) in [5.74, 6) is 0.945. The van der Waals surface area contributed by atoms with E-state index in [4.69, 9.17) is 9.47 Å². The molecule has 0 bridgehead atoms. The van der Waals surface area contributed by atoms with Gasteiger partial charge in [0.1, 0.15) is 11.5 Å². The number of rotatable bonds is 8. The Morgan fingerprint density at radius 2 is 1.67 bits per heavy atom. The van der Waals surface area contributed by atoms with Crippen molar-refractivity contribution in [2.75, 3.05) is 18.9 Å². The van der Waals surface area contributed by atoms with E-state index >= 15 is 0 Å². The highest BCUT2D eigenvalue weighted by Gasteiger charge is 2.19. The molecule has 0 radical (unpaired) electrons. The molecule has 1 amide bonds. The van der Waals surface area contributed by atoms with E-state index in [1.807, 2.05) is 13.8 Å². The smallest absolute Gasteiger partial charge is 0.261 e. The number of hydrogen-bond acceptors (Lipinski definition) is 6. The molecule has 0 aliphatic rings. The molecule has 1 heterocycles. The molecular formula is C24H27N3O5S. The number of nitrogens with one attached hydrogen (secondary N) is 2. The summed E-state index contributed by atoms with van der Waals surface area (Å²) in [5, 5.41) is 2.82. The minimum Gasteiger partial charge on any atom is -0.497 e. The van der Waals surface area contributed by atoms with Crippen molar-refractivity contribution < 1.29 is 22.7 Å². The van der Waals surface area contributed by atoms with Gasteiger partial charge in [0.2, 0.25) is 0 Å². The van der Waals surface area contributed by atoms with Gasteiger partial charge in [-0.2, -0.15) is 0 Å². The van der Waals surface area contributed by atoms with Crippen LogP contribution in [0.3, 0.4) is 0 Å². The number of pyridine rings is 1. The van der Waals surface area contributed by atoms with Crippen molar-refractivity contribution >= 4 is 21.6 Å². The van der Waals surface area contributed by atoms with Crippen LogP contribution in [0.15, 0.2) is 53.6 Å². The van der Waals surface area contributed by atoms with Gasteiger partial charge in [-0.25, -0.2) is 8.42 Å². The quantitative estimate of drug-likeness (QED) is 0.520. The number of aryl methyl sites for hydroxylation is 2. The van der Waals surface area contributed by atoms with E-state index in [0.29, 0.717) is 22.7 Å². The molecule has 0 saturated heterocycles. The number of sulfonamides is 1. The fourth-order valence-corrected chi connectivity index (χ4v) is 4.48. The van der Waals surface area contributed by atoms with Crippen LogP contribution in [-0.4, -0.2) is 33.5 Å². The average Bonchev–Trinajstić information content (AvgIpc) is 2.79. The largest absolute Gasteiger partial charge is 0.497 e. The van der Waals surface area contributed by atoms with Crippen molar-refractivity contribution in [3.63, 3.8) is 0 Å². The van der Waals surface area contributed by atoms with Gasteiger partial charge in [0, 0.05) is 28.6 Å². The Morgan fingerprint density at radius 3 is 2.30 bits per heavy atom. The Kier molecular flexibility index (Phi) is 7.23. The van der Waals surface area contributed by atoms with Crippen LogP contribution in [-0.2, 0) is 16.6 Å². The van der Waals surface area contributed by atoms with E-state index in [1.165, 1.54) is 19.2 Å². The Hall–Kier alpha value is -3.59. The zero-order chi connectivity index (χ0) is 24.2. The van der Waals surface area contributed by atoms with Crippen LogP contribution < -0.4 is 19.5 Å². The molecule has 8 nitrogen and oxygen atoms in total. The highest BCUT2D eigenvalue weighted by molar-refractivity contribution is 7.92. The normalized spacial score (nSPS) is 11.1. The first-order valence-corrected chi connectivity index (χ1v) is 11.7. The lowest BCUT2D eigenvalue weighted by atomic mass is 10.1. The molecule has 0 atom stereocenters. The SMILES string of the molecule is COc1ccc(NS(=O)(=O)c2ccc(C)c(C(=O)NCc3ncc(C)c(OC)c3C)c2)cc1. The highest BCUT2D eigenvalue weighted by atomic mass is 32.2. The number of anilines is 1. The molecule has 33 heavy (non-hydrogen) atoms. The molecule has 2 N–H and O–H groups in total. The van der Waals surface area contributed by atoms with E-state index in [-0.39, 0.29) is 17.0 Å². The van der Waals surface area contributed by atoms with Gasteiger partial charge in [0.05, 0.1) is 31.4 Å². The van der Waals surface area contributed by atoms with Crippen molar-refractivity contribution in [2.24, 2.45) is 0 Å². The van der Waals surface area contributed by atoms with Crippen molar-refractivity contribution in [1.82, 2.24) is 10.3 Å². The lowest BCUT2D eigenvalue weighted by Gasteiger charge is -2.14. The third kappa shape index (κ3) is 5.43. The summed E-state index contributed by atoms with van der Waals surface area (Å²) < 4.78 is 38.8. The Bertz CT molecular complexity index is 1270. The van der Waals surface area contributed by atoms with Crippen molar-refractivity contribution in [1.29, 1.82) is 0 Å². The molecular weight excluding hydrogens is 442 g/mol. The first kappa shape index (κ1) is 24.1. The van der Waals surface area contributed by atoms with Crippen LogP contribution >= 0.6 is 0 Å². The van der Waals surface area contributed by atoms with E-state index in [2.05, 4.69) is 15.0 Å². The zero-order valence-corrected chi connectivity index (χ0v) is 20.0. The number of carbonyl (C=O) groups is 1. The second kappa shape index (κ2) is 9.91. The third-order valence-corrected chi connectivity index (χ3v) is 6.65. The van der Waals surface area contributed by atoms with Crippen LogP contribution in [0.4, 0.5) is 5.69 Å². The Balaban J connectivity index is 1.79. The first-order valence-electron chi connectivity index (χ1n) is 10.2. The second-order valence-electron chi connectivity index (χ2n) is 7.54. The lowest BCUT2D eigenvalue weighted by Crippen LogP contribution is -2.25. The number of ether oxygens (including phenoxy) is 2. The summed E-state index contributed by atoms with van der Waals surface area (Å²) in [4.78, 5) is 17.2. The summed E-state index contributed by atoms with van der Waals surface area (Å²) in [7, 11) is -0.770. The van der Waals surface area contributed by atoms with Gasteiger partial charge in [-0.1, -0.05) is 6.07 Å². The molecule has 0 saturated carbocycles. The number of benzene rings is 2. The van der Waals surface area contributed by atoms with E-state index in [9.17, 15) is 13.2 Å². The van der Waals surface area contributed by atoms with Gasteiger partial charge in [-0.3, -0.25) is 14.5 Å². The molecule has 174 valence electrons. The van der Waals surface area contributed by atoms with Gasteiger partial charge in [0.15, 0.2) is 0 Å². The van der Waals surface area contributed by atoms with Crippen molar-refractivity contribution in [2.45, 2.75) is 32.2 Å². The van der Waals surface area contributed by atoms with Crippen LogP contribution in [0.1, 0.15) is 32.7 Å². The number of methoxy groups -OCH3 is 2. The molecule has 1 aromatic heterocycles. The predicted octanol–water partition coefficient (Wildman–Crippen LogP) is 3.75. The molecule has 0 spiro atoms. The fraction of sp³-hybridized carbons (Fsp3) is 0.250. The molecule has 0 fully saturated rings. The third-order valence-electron chi connectivity index (χ3n) is 5.27. The monoisotopic (exact) mass is 469 g/mol. The Morgan fingerprint density at radius 1 is 0.970 bits per heavy atom. The summed E-state index contributed by atoms with van der Waals surface area (Å²) >= 11 is 0. The lowest BCUT2D eigenvalue weighted by molar-refractivity contribution is 0.0949. The number of aromatic nitrogens is 1. The zero-order valence-electron chi connectivity index (χ0n) is 19.2. The summed E-state index contributed by atoms with van der Waals surface area (Å²) in [6.45, 7) is 5.71. The average molecular weight is 470 g/mol. The Labute approximate surface area is 194 Å². The minimum atomic E-state index is -3.89. The fourth-order valence-electron chi connectivity index (χ4n) is 3.39. The summed E-state index contributed by atoms with van der Waals surface area (Å²) in [5.41, 5.74) is 3.73. The van der Waals surface area contributed by atoms with E-state index in [0.717, 1.165) is 16.9 Å². The maximum Gasteiger partial charge on any atom is 0.261 e. The van der Waals surface area contributed by atoms with Crippen LogP contribution in [0.2, 0.25) is 0 Å². The maximum atomic E-state index is 12.9. The van der Waals surface area contributed by atoms with Gasteiger partial charge < -0.3 is 14.8 Å². The minimum absolute atomic E-state index is 0.0135. The molecule has 0 aliphatic heterocycles. The topological polar surface area (TPSA) is 107 Å². The van der Waals surface area contributed by atoms with Crippen LogP contribution in [0.5, 0.6) is 11.5 Å². The van der Waals surface area contributed by atoms with Crippen LogP contribution in [0, 0.1) is 20.8 Å².